The van der Waals surface area contributed by atoms with Gasteiger partial charge in [0, 0.05) is 25.0 Å². The van der Waals surface area contributed by atoms with Crippen LogP contribution in [-0.2, 0) is 18.3 Å². The van der Waals surface area contributed by atoms with Gasteiger partial charge in [-0.3, -0.25) is 14.6 Å². The van der Waals surface area contributed by atoms with Crippen LogP contribution in [0.2, 0.25) is 0 Å². The molecule has 0 aliphatic heterocycles. The van der Waals surface area contributed by atoms with E-state index in [4.69, 9.17) is 0 Å². The number of aryl methyl sites for hydroxylation is 2. The molecular weight excluding hydrogens is 206 g/mol. The first-order valence-corrected chi connectivity index (χ1v) is 4.94. The molecule has 0 spiro atoms. The number of H-pyrrole nitrogens is 1. The van der Waals surface area contributed by atoms with E-state index in [2.05, 4.69) is 20.6 Å². The first-order chi connectivity index (χ1) is 7.65. The molecule has 2 N–H and O–H groups in total. The molecule has 6 heteroatoms. The zero-order chi connectivity index (χ0) is 11.5. The van der Waals surface area contributed by atoms with Crippen LogP contribution in [0.15, 0.2) is 18.3 Å². The van der Waals surface area contributed by atoms with Crippen molar-refractivity contribution in [2.24, 2.45) is 7.05 Å². The fourth-order valence-electron chi connectivity index (χ4n) is 1.47. The van der Waals surface area contributed by atoms with Crippen molar-refractivity contribution in [1.29, 1.82) is 0 Å². The van der Waals surface area contributed by atoms with Gasteiger partial charge in [0.1, 0.15) is 5.82 Å². The van der Waals surface area contributed by atoms with E-state index in [0.717, 1.165) is 11.4 Å². The van der Waals surface area contributed by atoms with E-state index < -0.39 is 0 Å². The lowest BCUT2D eigenvalue weighted by molar-refractivity contribution is -0.115. The van der Waals surface area contributed by atoms with E-state index in [0.29, 0.717) is 5.82 Å². The molecule has 0 radical (unpaired) electrons. The van der Waals surface area contributed by atoms with Crippen molar-refractivity contribution in [2.75, 3.05) is 5.32 Å². The van der Waals surface area contributed by atoms with Crippen LogP contribution in [0.25, 0.3) is 0 Å². The lowest BCUT2D eigenvalue weighted by Crippen LogP contribution is -2.16. The Bertz CT molecular complexity index is 485. The molecule has 0 atom stereocenters. The average Bonchev–Trinajstić information content (AvgIpc) is 2.78. The zero-order valence-electron chi connectivity index (χ0n) is 9.19. The number of rotatable bonds is 3. The summed E-state index contributed by atoms with van der Waals surface area (Å²) in [4.78, 5) is 11.6. The Kier molecular flexibility index (Phi) is 2.72. The Morgan fingerprint density at radius 1 is 1.62 bits per heavy atom. The molecular formula is C10H13N5O. The second-order valence-corrected chi connectivity index (χ2v) is 3.60. The number of amides is 1. The highest BCUT2D eigenvalue weighted by molar-refractivity contribution is 5.91. The number of carbonyl (C=O) groups is 1. The van der Waals surface area contributed by atoms with Gasteiger partial charge < -0.3 is 5.32 Å². The Labute approximate surface area is 92.7 Å². The van der Waals surface area contributed by atoms with Gasteiger partial charge in [0.25, 0.3) is 0 Å². The minimum Gasteiger partial charge on any atom is -0.311 e. The van der Waals surface area contributed by atoms with Gasteiger partial charge in [-0.25, -0.2) is 0 Å². The second-order valence-electron chi connectivity index (χ2n) is 3.60. The highest BCUT2D eigenvalue weighted by atomic mass is 16.1. The Hall–Kier alpha value is -2.11. The maximum atomic E-state index is 11.6. The molecule has 2 aromatic heterocycles. The van der Waals surface area contributed by atoms with E-state index >= 15 is 0 Å². The SMILES string of the molecule is Cc1cc(NC(=O)Cc2ccn[nH]2)n(C)n1. The predicted octanol–water partition coefficient (Wildman–Crippen LogP) is 0.633. The number of hydrogen-bond acceptors (Lipinski definition) is 3. The van der Waals surface area contributed by atoms with E-state index in [1.54, 1.807) is 24.0 Å². The topological polar surface area (TPSA) is 75.6 Å². The van der Waals surface area contributed by atoms with Gasteiger partial charge in [-0.05, 0) is 13.0 Å². The third-order valence-electron chi connectivity index (χ3n) is 2.18. The number of aromatic nitrogens is 4. The van der Waals surface area contributed by atoms with Crippen LogP contribution in [0.1, 0.15) is 11.4 Å². The van der Waals surface area contributed by atoms with Crippen molar-refractivity contribution in [3.8, 4) is 0 Å². The van der Waals surface area contributed by atoms with Gasteiger partial charge in [-0.1, -0.05) is 0 Å². The second kappa shape index (κ2) is 4.18. The molecule has 0 aliphatic carbocycles. The molecule has 2 aromatic rings. The van der Waals surface area contributed by atoms with E-state index in [9.17, 15) is 4.79 Å². The summed E-state index contributed by atoms with van der Waals surface area (Å²) in [6.45, 7) is 1.88. The summed E-state index contributed by atoms with van der Waals surface area (Å²) in [5.41, 5.74) is 1.66. The van der Waals surface area contributed by atoms with Gasteiger partial charge in [0.15, 0.2) is 0 Å². The standard InChI is InChI=1S/C10H13N5O/c1-7-5-9(15(2)14-7)12-10(16)6-8-3-4-11-13-8/h3-5H,6H2,1-2H3,(H,11,13)(H,12,16). The first kappa shape index (κ1) is 10.4. The highest BCUT2D eigenvalue weighted by Gasteiger charge is 2.08. The van der Waals surface area contributed by atoms with Crippen LogP contribution >= 0.6 is 0 Å². The van der Waals surface area contributed by atoms with Gasteiger partial charge in [-0.2, -0.15) is 10.2 Å². The fourth-order valence-corrected chi connectivity index (χ4v) is 1.47. The van der Waals surface area contributed by atoms with Crippen LogP contribution in [0.3, 0.4) is 0 Å². The molecule has 0 saturated heterocycles. The van der Waals surface area contributed by atoms with Crippen molar-refractivity contribution >= 4 is 11.7 Å². The summed E-state index contributed by atoms with van der Waals surface area (Å²) in [5.74, 6) is 0.606. The maximum absolute atomic E-state index is 11.6. The summed E-state index contributed by atoms with van der Waals surface area (Å²) in [5, 5.41) is 13.4. The third kappa shape index (κ3) is 2.28. The van der Waals surface area contributed by atoms with E-state index in [1.165, 1.54) is 0 Å². The first-order valence-electron chi connectivity index (χ1n) is 4.94. The van der Waals surface area contributed by atoms with Crippen LogP contribution in [0, 0.1) is 6.92 Å². The van der Waals surface area contributed by atoms with E-state index in [1.807, 2.05) is 13.0 Å². The minimum absolute atomic E-state index is 0.0905. The molecule has 0 saturated carbocycles. The molecule has 6 nitrogen and oxygen atoms in total. The number of anilines is 1. The number of carbonyl (C=O) groups excluding carboxylic acids is 1. The molecule has 1 amide bonds. The lowest BCUT2D eigenvalue weighted by atomic mass is 10.3. The number of aromatic amines is 1. The summed E-state index contributed by atoms with van der Waals surface area (Å²) in [6, 6.07) is 3.60. The number of nitrogens with zero attached hydrogens (tertiary/aromatic N) is 3. The highest BCUT2D eigenvalue weighted by Crippen LogP contribution is 2.08. The Morgan fingerprint density at radius 2 is 2.44 bits per heavy atom. The summed E-state index contributed by atoms with van der Waals surface area (Å²) < 4.78 is 1.64. The minimum atomic E-state index is -0.0905. The smallest absolute Gasteiger partial charge is 0.231 e. The van der Waals surface area contributed by atoms with Crippen molar-refractivity contribution in [3.63, 3.8) is 0 Å². The molecule has 0 fully saturated rings. The fraction of sp³-hybridized carbons (Fsp3) is 0.300. The van der Waals surface area contributed by atoms with Crippen molar-refractivity contribution in [2.45, 2.75) is 13.3 Å². The maximum Gasteiger partial charge on any atom is 0.231 e. The van der Waals surface area contributed by atoms with Crippen LogP contribution in [0.5, 0.6) is 0 Å². The molecule has 0 aromatic carbocycles. The molecule has 0 bridgehead atoms. The summed E-state index contributed by atoms with van der Waals surface area (Å²) in [7, 11) is 1.79. The van der Waals surface area contributed by atoms with Crippen molar-refractivity contribution in [3.05, 3.63) is 29.7 Å². The molecule has 2 rings (SSSR count). The molecule has 84 valence electrons. The average molecular weight is 219 g/mol. The van der Waals surface area contributed by atoms with Gasteiger partial charge in [-0.15, -0.1) is 0 Å². The van der Waals surface area contributed by atoms with Gasteiger partial charge in [0.05, 0.1) is 12.1 Å². The monoisotopic (exact) mass is 219 g/mol. The number of hydrogen-bond donors (Lipinski definition) is 2. The largest absolute Gasteiger partial charge is 0.311 e. The predicted molar refractivity (Wildman–Crippen MR) is 58.9 cm³/mol. The van der Waals surface area contributed by atoms with Crippen molar-refractivity contribution < 1.29 is 4.79 Å². The third-order valence-corrected chi connectivity index (χ3v) is 2.18. The van der Waals surface area contributed by atoms with Crippen molar-refractivity contribution in [1.82, 2.24) is 20.0 Å². The summed E-state index contributed by atoms with van der Waals surface area (Å²) in [6.07, 6.45) is 1.90. The van der Waals surface area contributed by atoms with Crippen LogP contribution in [0.4, 0.5) is 5.82 Å². The number of nitrogens with one attached hydrogen (secondary N) is 2. The molecule has 0 unspecified atom stereocenters. The normalized spacial score (nSPS) is 10.4. The quantitative estimate of drug-likeness (QED) is 0.795. The Balaban J connectivity index is 2.00. The molecule has 0 aliphatic rings. The van der Waals surface area contributed by atoms with Crippen LogP contribution in [-0.4, -0.2) is 25.9 Å². The van der Waals surface area contributed by atoms with E-state index in [-0.39, 0.29) is 12.3 Å². The zero-order valence-corrected chi connectivity index (χ0v) is 9.19. The van der Waals surface area contributed by atoms with Gasteiger partial charge in [0.2, 0.25) is 5.91 Å². The molecule has 2 heterocycles. The summed E-state index contributed by atoms with van der Waals surface area (Å²) >= 11 is 0. The molecule has 16 heavy (non-hydrogen) atoms. The lowest BCUT2D eigenvalue weighted by Gasteiger charge is -2.03. The van der Waals surface area contributed by atoms with Crippen LogP contribution < -0.4 is 5.32 Å². The van der Waals surface area contributed by atoms with Gasteiger partial charge >= 0.3 is 0 Å². The Morgan fingerprint density at radius 3 is 3.00 bits per heavy atom.